The summed E-state index contributed by atoms with van der Waals surface area (Å²) in [5.41, 5.74) is 1.56. The maximum absolute atomic E-state index is 13.2. The van der Waals surface area contributed by atoms with Crippen LogP contribution in [0.3, 0.4) is 0 Å². The number of ether oxygens (including phenoxy) is 1. The third kappa shape index (κ3) is 4.00. The van der Waals surface area contributed by atoms with Gasteiger partial charge in [-0.15, -0.1) is 0 Å². The fraction of sp³-hybridized carbons (Fsp3) is 0.250. The molecule has 0 aliphatic rings. The van der Waals surface area contributed by atoms with Crippen LogP contribution < -0.4 is 14.8 Å². The van der Waals surface area contributed by atoms with E-state index in [4.69, 9.17) is 4.74 Å². The summed E-state index contributed by atoms with van der Waals surface area (Å²) < 4.78 is 44.1. The Kier molecular flexibility index (Phi) is 5.23. The van der Waals surface area contributed by atoms with Gasteiger partial charge in [-0.25, -0.2) is 17.5 Å². The highest BCUT2D eigenvalue weighted by Gasteiger charge is 2.13. The van der Waals surface area contributed by atoms with Gasteiger partial charge in [-0.3, -0.25) is 0 Å². The number of anilines is 1. The molecule has 2 rings (SSSR count). The van der Waals surface area contributed by atoms with Crippen molar-refractivity contribution in [1.29, 1.82) is 0 Å². The molecule has 0 aromatic heterocycles. The molecule has 2 N–H and O–H groups in total. The minimum atomic E-state index is -3.45. The summed E-state index contributed by atoms with van der Waals surface area (Å²) in [6.07, 6.45) is 0. The van der Waals surface area contributed by atoms with Crippen molar-refractivity contribution in [3.05, 3.63) is 53.8 Å². The molecule has 0 bridgehead atoms. The van der Waals surface area contributed by atoms with Gasteiger partial charge in [0.05, 0.1) is 17.7 Å². The lowest BCUT2D eigenvalue weighted by Crippen LogP contribution is -2.18. The van der Waals surface area contributed by atoms with E-state index in [2.05, 4.69) is 10.0 Å². The second-order valence-corrected chi connectivity index (χ2v) is 6.87. The lowest BCUT2D eigenvalue weighted by molar-refractivity contribution is 0.412. The first-order chi connectivity index (χ1) is 10.9. The first kappa shape index (κ1) is 17.2. The summed E-state index contributed by atoms with van der Waals surface area (Å²) in [6, 6.07) is 10.7. The molecule has 0 aliphatic heterocycles. The molecule has 1 atom stereocenters. The van der Waals surface area contributed by atoms with Crippen LogP contribution in [0.25, 0.3) is 0 Å². The number of hydrogen-bond donors (Lipinski definition) is 2. The molecule has 124 valence electrons. The summed E-state index contributed by atoms with van der Waals surface area (Å²) >= 11 is 0. The lowest BCUT2D eigenvalue weighted by atomic mass is 10.1. The van der Waals surface area contributed by atoms with E-state index in [0.29, 0.717) is 11.4 Å². The summed E-state index contributed by atoms with van der Waals surface area (Å²) in [6.45, 7) is 1.92. The molecular formula is C16H19FN2O3S. The zero-order chi connectivity index (χ0) is 17.0. The van der Waals surface area contributed by atoms with Crippen LogP contribution >= 0.6 is 0 Å². The molecule has 0 saturated carbocycles. The van der Waals surface area contributed by atoms with Gasteiger partial charge in [0, 0.05) is 12.1 Å². The van der Waals surface area contributed by atoms with Crippen LogP contribution in [0.2, 0.25) is 0 Å². The summed E-state index contributed by atoms with van der Waals surface area (Å²) in [5.74, 6) is 0.0351. The number of nitrogens with one attached hydrogen (secondary N) is 2. The molecule has 2 aromatic carbocycles. The third-order valence-electron chi connectivity index (χ3n) is 3.49. The molecular weight excluding hydrogens is 319 g/mol. The molecule has 1 unspecified atom stereocenters. The zero-order valence-electron chi connectivity index (χ0n) is 13.1. The first-order valence-corrected chi connectivity index (χ1v) is 8.49. The molecule has 0 spiro atoms. The van der Waals surface area contributed by atoms with Gasteiger partial charge in [0.2, 0.25) is 10.0 Å². The van der Waals surface area contributed by atoms with E-state index < -0.39 is 10.0 Å². The van der Waals surface area contributed by atoms with Crippen molar-refractivity contribution in [3.8, 4) is 5.75 Å². The van der Waals surface area contributed by atoms with Crippen molar-refractivity contribution in [1.82, 2.24) is 4.72 Å². The Labute approximate surface area is 135 Å². The van der Waals surface area contributed by atoms with Crippen LogP contribution in [0.15, 0.2) is 47.4 Å². The van der Waals surface area contributed by atoms with Crippen molar-refractivity contribution in [2.75, 3.05) is 19.5 Å². The Morgan fingerprint density at radius 1 is 1.13 bits per heavy atom. The Balaban J connectivity index is 2.20. The van der Waals surface area contributed by atoms with Crippen molar-refractivity contribution in [2.24, 2.45) is 0 Å². The van der Waals surface area contributed by atoms with Crippen molar-refractivity contribution in [2.45, 2.75) is 17.9 Å². The zero-order valence-corrected chi connectivity index (χ0v) is 13.9. The van der Waals surface area contributed by atoms with Crippen molar-refractivity contribution < 1.29 is 17.5 Å². The van der Waals surface area contributed by atoms with Gasteiger partial charge >= 0.3 is 0 Å². The number of rotatable bonds is 6. The van der Waals surface area contributed by atoms with Crippen LogP contribution in [-0.4, -0.2) is 22.6 Å². The lowest BCUT2D eigenvalue weighted by Gasteiger charge is -2.18. The van der Waals surface area contributed by atoms with E-state index in [9.17, 15) is 12.8 Å². The molecule has 5 nitrogen and oxygen atoms in total. The average molecular weight is 338 g/mol. The summed E-state index contributed by atoms with van der Waals surface area (Å²) in [7, 11) is -0.604. The SMILES string of the molecule is CNS(=O)(=O)c1ccc(C(C)Nc2ccc(F)cc2OC)cc1. The van der Waals surface area contributed by atoms with Crippen molar-refractivity contribution in [3.63, 3.8) is 0 Å². The molecule has 0 aliphatic carbocycles. The highest BCUT2D eigenvalue weighted by molar-refractivity contribution is 7.89. The first-order valence-electron chi connectivity index (χ1n) is 7.01. The maximum atomic E-state index is 13.2. The van der Waals surface area contributed by atoms with E-state index in [1.54, 1.807) is 30.3 Å². The van der Waals surface area contributed by atoms with Gasteiger partial charge in [0.25, 0.3) is 0 Å². The molecule has 2 aromatic rings. The fourth-order valence-corrected chi connectivity index (χ4v) is 2.88. The number of halogens is 1. The molecule has 23 heavy (non-hydrogen) atoms. The summed E-state index contributed by atoms with van der Waals surface area (Å²) in [4.78, 5) is 0.204. The second-order valence-electron chi connectivity index (χ2n) is 4.99. The third-order valence-corrected chi connectivity index (χ3v) is 4.92. The van der Waals surface area contributed by atoms with E-state index in [1.165, 1.54) is 26.3 Å². The smallest absolute Gasteiger partial charge is 0.240 e. The highest BCUT2D eigenvalue weighted by Crippen LogP contribution is 2.29. The molecule has 7 heteroatoms. The van der Waals surface area contributed by atoms with Gasteiger partial charge in [0.1, 0.15) is 11.6 Å². The molecule has 0 amide bonds. The van der Waals surface area contributed by atoms with Crippen LogP contribution in [-0.2, 0) is 10.0 Å². The van der Waals surface area contributed by atoms with Gasteiger partial charge in [-0.2, -0.15) is 0 Å². The van der Waals surface area contributed by atoms with E-state index in [0.717, 1.165) is 5.56 Å². The van der Waals surface area contributed by atoms with E-state index >= 15 is 0 Å². The topological polar surface area (TPSA) is 67.4 Å². The number of hydrogen-bond acceptors (Lipinski definition) is 4. The Morgan fingerprint density at radius 2 is 1.78 bits per heavy atom. The fourth-order valence-electron chi connectivity index (χ4n) is 2.15. The van der Waals surface area contributed by atoms with Crippen LogP contribution in [0, 0.1) is 5.82 Å². The second kappa shape index (κ2) is 6.97. The number of methoxy groups -OCH3 is 1. The molecule has 0 radical (unpaired) electrons. The van der Waals surface area contributed by atoms with Crippen LogP contribution in [0.1, 0.15) is 18.5 Å². The maximum Gasteiger partial charge on any atom is 0.240 e. The monoisotopic (exact) mass is 338 g/mol. The van der Waals surface area contributed by atoms with Gasteiger partial charge in [0.15, 0.2) is 0 Å². The standard InChI is InChI=1S/C16H19FN2O3S/c1-11(19-15-9-6-13(17)10-16(15)22-3)12-4-7-14(8-5-12)23(20,21)18-2/h4-11,18-19H,1-3H3. The number of sulfonamides is 1. The Bertz CT molecular complexity index is 776. The largest absolute Gasteiger partial charge is 0.494 e. The average Bonchev–Trinajstić information content (AvgIpc) is 2.56. The van der Waals surface area contributed by atoms with Crippen molar-refractivity contribution >= 4 is 15.7 Å². The van der Waals surface area contributed by atoms with E-state index in [-0.39, 0.29) is 16.8 Å². The molecule has 0 saturated heterocycles. The van der Waals surface area contributed by atoms with Crippen LogP contribution in [0.4, 0.5) is 10.1 Å². The minimum Gasteiger partial charge on any atom is -0.494 e. The minimum absolute atomic E-state index is 0.110. The molecule has 0 fully saturated rings. The van der Waals surface area contributed by atoms with Gasteiger partial charge in [-0.05, 0) is 43.8 Å². The predicted octanol–water partition coefficient (Wildman–Crippen LogP) is 2.92. The van der Waals surface area contributed by atoms with Crippen LogP contribution in [0.5, 0.6) is 5.75 Å². The highest BCUT2D eigenvalue weighted by atomic mass is 32.2. The Morgan fingerprint density at radius 3 is 2.35 bits per heavy atom. The quantitative estimate of drug-likeness (QED) is 0.850. The summed E-state index contributed by atoms with van der Waals surface area (Å²) in [5, 5.41) is 3.22. The number of benzene rings is 2. The van der Waals surface area contributed by atoms with Gasteiger partial charge < -0.3 is 10.1 Å². The van der Waals surface area contributed by atoms with E-state index in [1.807, 2.05) is 6.92 Å². The predicted molar refractivity (Wildman–Crippen MR) is 87.7 cm³/mol. The molecule has 0 heterocycles. The normalized spacial score (nSPS) is 12.7. The Hall–Kier alpha value is -2.12. The van der Waals surface area contributed by atoms with Gasteiger partial charge in [-0.1, -0.05) is 12.1 Å².